The minimum Gasteiger partial charge on any atom is -0.456 e. The molecule has 60 heavy (non-hydrogen) atoms. The molecule has 0 bridgehead atoms. The molecular formula is C56H33NO3. The highest BCUT2D eigenvalue weighted by Gasteiger charge is 2.20. The summed E-state index contributed by atoms with van der Waals surface area (Å²) >= 11 is 0. The Morgan fingerprint density at radius 3 is 1.23 bits per heavy atom. The lowest BCUT2D eigenvalue weighted by atomic mass is 9.91. The van der Waals surface area contributed by atoms with Crippen LogP contribution in [0.25, 0.3) is 115 Å². The molecule has 0 spiro atoms. The van der Waals surface area contributed by atoms with Crippen molar-refractivity contribution in [1.82, 2.24) is 4.40 Å². The Bertz CT molecular complexity index is 3620. The molecule has 4 nitrogen and oxygen atoms in total. The fraction of sp³-hybridized carbons (Fsp3) is 0. The number of fused-ring (bicyclic) bond motifs is 7. The summed E-state index contributed by atoms with van der Waals surface area (Å²) in [6.45, 7) is 0. The fourth-order valence-corrected chi connectivity index (χ4v) is 9.18. The number of nitrogens with zero attached hydrogens (tertiary/aromatic N) is 1. The van der Waals surface area contributed by atoms with Crippen molar-refractivity contribution in [3.8, 4) is 55.6 Å². The quantitative estimate of drug-likeness (QED) is 0.129. The molecule has 0 saturated heterocycles. The molecule has 0 atom stereocenters. The third-order valence-corrected chi connectivity index (χ3v) is 12.1. The van der Waals surface area contributed by atoms with Crippen molar-refractivity contribution in [1.29, 1.82) is 0 Å². The van der Waals surface area contributed by atoms with Crippen LogP contribution in [-0.2, 0) is 0 Å². The zero-order valence-electron chi connectivity index (χ0n) is 32.2. The molecule has 9 aromatic carbocycles. The summed E-state index contributed by atoms with van der Waals surface area (Å²) in [5, 5.41) is 6.35. The van der Waals surface area contributed by atoms with Gasteiger partial charge in [-0.15, -0.1) is 0 Å². The molecule has 0 aliphatic rings. The van der Waals surface area contributed by atoms with Crippen LogP contribution < -0.4 is 11.1 Å². The maximum atomic E-state index is 14.7. The van der Waals surface area contributed by atoms with Crippen molar-refractivity contribution in [3.63, 3.8) is 0 Å². The molecule has 0 aliphatic carbocycles. The van der Waals surface area contributed by atoms with Crippen molar-refractivity contribution >= 4 is 59.8 Å². The van der Waals surface area contributed by atoms with Crippen LogP contribution in [0.5, 0.6) is 0 Å². The Balaban J connectivity index is 1.15. The van der Waals surface area contributed by atoms with Gasteiger partial charge in [0, 0.05) is 32.3 Å². The fourth-order valence-electron chi connectivity index (χ4n) is 9.18. The summed E-state index contributed by atoms with van der Waals surface area (Å²) in [4.78, 5) is 29.3. The number of para-hydroxylation sites is 1. The third kappa shape index (κ3) is 5.32. The largest absolute Gasteiger partial charge is 0.456 e. The molecule has 12 rings (SSSR count). The van der Waals surface area contributed by atoms with Crippen LogP contribution in [0.2, 0.25) is 0 Å². The Labute approximate surface area is 343 Å². The summed E-state index contributed by atoms with van der Waals surface area (Å²) in [6.07, 6.45) is 0. The first-order chi connectivity index (χ1) is 29.6. The minimum atomic E-state index is -0.322. The van der Waals surface area contributed by atoms with E-state index >= 15 is 0 Å². The Kier molecular flexibility index (Phi) is 7.50. The number of hydrogen-bond donors (Lipinski definition) is 0. The van der Waals surface area contributed by atoms with Gasteiger partial charge < -0.3 is 4.42 Å². The van der Waals surface area contributed by atoms with Crippen LogP contribution in [0.4, 0.5) is 0 Å². The predicted molar refractivity (Wildman–Crippen MR) is 248 cm³/mol. The molecule has 0 amide bonds. The Morgan fingerprint density at radius 1 is 0.267 bits per heavy atom. The molecule has 0 unspecified atom stereocenters. The van der Waals surface area contributed by atoms with E-state index in [1.54, 1.807) is 0 Å². The highest BCUT2D eigenvalue weighted by atomic mass is 16.3. The molecule has 0 N–H and O–H groups in total. The van der Waals surface area contributed by atoms with E-state index in [-0.39, 0.29) is 11.1 Å². The SMILES string of the molecule is O=c1c2ccc(-c3cccc(-c4ccccc4)c3)cc2c2cc(-c3ccc4oc5ccccc5c4c3)cc3c4cc(-c5cccc(-c6ccccc6)c5)ccc4c(=O)n1c23. The van der Waals surface area contributed by atoms with Crippen molar-refractivity contribution < 1.29 is 4.42 Å². The van der Waals surface area contributed by atoms with Crippen molar-refractivity contribution in [2.75, 3.05) is 0 Å². The zero-order valence-corrected chi connectivity index (χ0v) is 32.2. The van der Waals surface area contributed by atoms with Gasteiger partial charge >= 0.3 is 0 Å². The van der Waals surface area contributed by atoms with Gasteiger partial charge in [0.2, 0.25) is 0 Å². The van der Waals surface area contributed by atoms with Crippen LogP contribution >= 0.6 is 0 Å². The second-order valence-corrected chi connectivity index (χ2v) is 15.6. The maximum absolute atomic E-state index is 14.7. The molecule has 3 aromatic heterocycles. The summed E-state index contributed by atoms with van der Waals surface area (Å²) in [7, 11) is 0. The van der Waals surface area contributed by atoms with Gasteiger partial charge in [0.15, 0.2) is 0 Å². The lowest BCUT2D eigenvalue weighted by Crippen LogP contribution is -2.27. The average molecular weight is 768 g/mol. The summed E-state index contributed by atoms with van der Waals surface area (Å²) in [5.74, 6) is 0. The van der Waals surface area contributed by atoms with Gasteiger partial charge in [-0.3, -0.25) is 9.59 Å². The summed E-state index contributed by atoms with van der Waals surface area (Å²) < 4.78 is 7.62. The van der Waals surface area contributed by atoms with Crippen LogP contribution in [0.15, 0.2) is 214 Å². The number of pyridine rings is 2. The zero-order chi connectivity index (χ0) is 39.9. The highest BCUT2D eigenvalue weighted by molar-refractivity contribution is 6.20. The van der Waals surface area contributed by atoms with Gasteiger partial charge in [0.1, 0.15) is 11.2 Å². The van der Waals surface area contributed by atoms with Crippen LogP contribution in [0.3, 0.4) is 0 Å². The van der Waals surface area contributed by atoms with E-state index in [1.165, 1.54) is 4.40 Å². The number of rotatable bonds is 5. The Hall–Kier alpha value is -8.08. The van der Waals surface area contributed by atoms with Crippen LogP contribution in [-0.4, -0.2) is 4.40 Å². The van der Waals surface area contributed by atoms with Gasteiger partial charge in [0.05, 0.1) is 5.52 Å². The molecule has 12 aromatic rings. The van der Waals surface area contributed by atoms with E-state index in [0.717, 1.165) is 99.1 Å². The van der Waals surface area contributed by atoms with E-state index in [9.17, 15) is 9.59 Å². The number of furan rings is 1. The standard InChI is InChI=1S/C56H33NO3/c58-55-45-24-21-40(38-17-9-15-36(27-38)34-11-3-1-4-12-34)29-47(45)50-32-43(42-23-26-53-49(31-42)44-19-7-8-20-52(44)60-53)33-51-48-30-41(22-25-46(48)56(59)57(55)54(50)51)39-18-10-16-37(28-39)35-13-5-2-6-14-35/h1-33H. The first-order valence-corrected chi connectivity index (χ1v) is 20.1. The van der Waals surface area contributed by atoms with Gasteiger partial charge in [-0.2, -0.15) is 0 Å². The smallest absolute Gasteiger partial charge is 0.266 e. The van der Waals surface area contributed by atoms with Gasteiger partial charge in [-0.05, 0) is 133 Å². The number of aromatic nitrogens is 1. The lowest BCUT2D eigenvalue weighted by molar-refractivity contribution is 0.669. The molecule has 4 heteroatoms. The predicted octanol–water partition coefficient (Wildman–Crippen LogP) is 13.8. The van der Waals surface area contributed by atoms with E-state index in [2.05, 4.69) is 115 Å². The molecular weight excluding hydrogens is 735 g/mol. The first kappa shape index (κ1) is 34.0. The van der Waals surface area contributed by atoms with E-state index < -0.39 is 0 Å². The topological polar surface area (TPSA) is 51.7 Å². The maximum Gasteiger partial charge on any atom is 0.266 e. The molecule has 0 aliphatic heterocycles. The number of hydrogen-bond acceptors (Lipinski definition) is 3. The molecule has 0 saturated carbocycles. The monoisotopic (exact) mass is 767 g/mol. The summed E-state index contributed by atoms with van der Waals surface area (Å²) in [5.41, 5.74) is 12.2. The second kappa shape index (κ2) is 13.2. The highest BCUT2D eigenvalue weighted by Crippen LogP contribution is 2.40. The van der Waals surface area contributed by atoms with Crippen LogP contribution in [0.1, 0.15) is 0 Å². The van der Waals surface area contributed by atoms with Crippen molar-refractivity contribution in [3.05, 3.63) is 221 Å². The molecule has 0 fully saturated rings. The van der Waals surface area contributed by atoms with Crippen molar-refractivity contribution in [2.24, 2.45) is 0 Å². The van der Waals surface area contributed by atoms with Gasteiger partial charge in [-0.25, -0.2) is 4.40 Å². The van der Waals surface area contributed by atoms with Crippen LogP contribution in [0, 0.1) is 0 Å². The van der Waals surface area contributed by atoms with E-state index in [4.69, 9.17) is 4.42 Å². The first-order valence-electron chi connectivity index (χ1n) is 20.1. The van der Waals surface area contributed by atoms with E-state index in [0.29, 0.717) is 16.3 Å². The van der Waals surface area contributed by atoms with Gasteiger partial charge in [-0.1, -0.05) is 133 Å². The lowest BCUT2D eigenvalue weighted by Gasteiger charge is -2.16. The Morgan fingerprint density at radius 2 is 0.667 bits per heavy atom. The van der Waals surface area contributed by atoms with Gasteiger partial charge in [0.25, 0.3) is 11.1 Å². The molecule has 280 valence electrons. The molecule has 0 radical (unpaired) electrons. The second-order valence-electron chi connectivity index (χ2n) is 15.6. The third-order valence-electron chi connectivity index (χ3n) is 12.1. The van der Waals surface area contributed by atoms with Crippen molar-refractivity contribution in [2.45, 2.75) is 0 Å². The number of benzene rings is 9. The van der Waals surface area contributed by atoms with E-state index in [1.807, 2.05) is 84.9 Å². The average Bonchev–Trinajstić information content (AvgIpc) is 3.69. The summed E-state index contributed by atoms with van der Waals surface area (Å²) in [6, 6.07) is 68.4. The normalized spacial score (nSPS) is 11.8. The molecule has 3 heterocycles. The minimum absolute atomic E-state index is 0.322.